The van der Waals surface area contributed by atoms with Gasteiger partial charge in [0, 0.05) is 12.6 Å². The molecule has 1 aromatic rings. The first-order chi connectivity index (χ1) is 8.35. The van der Waals surface area contributed by atoms with E-state index in [9.17, 15) is 0 Å². The monoisotopic (exact) mass is 273 g/mol. The van der Waals surface area contributed by atoms with Gasteiger partial charge in [-0.05, 0) is 41.7 Å². The van der Waals surface area contributed by atoms with Crippen LogP contribution < -0.4 is 5.32 Å². The maximum absolute atomic E-state index is 6.29. The molecule has 1 unspecified atom stereocenters. The fourth-order valence-electron chi connectivity index (χ4n) is 2.30. The molecule has 0 spiro atoms. The maximum atomic E-state index is 6.29. The van der Waals surface area contributed by atoms with Gasteiger partial charge in [0.25, 0.3) is 0 Å². The smallest absolute Gasteiger partial charge is 0.0835 e. The van der Waals surface area contributed by atoms with Crippen molar-refractivity contribution in [1.82, 2.24) is 15.1 Å². The van der Waals surface area contributed by atoms with Gasteiger partial charge in [0.15, 0.2) is 0 Å². The second kappa shape index (κ2) is 6.04. The number of nitrogens with zero attached hydrogens (tertiary/aromatic N) is 2. The van der Waals surface area contributed by atoms with E-state index < -0.39 is 0 Å². The van der Waals surface area contributed by atoms with E-state index >= 15 is 0 Å². The minimum absolute atomic E-state index is 0.00477. The van der Waals surface area contributed by atoms with Crippen molar-refractivity contribution in [2.75, 3.05) is 13.7 Å². The van der Waals surface area contributed by atoms with Crippen molar-refractivity contribution in [3.8, 4) is 0 Å². The molecule has 0 saturated heterocycles. The Bertz CT molecular complexity index is 388. The van der Waals surface area contributed by atoms with Crippen molar-refractivity contribution in [3.05, 3.63) is 16.9 Å². The van der Waals surface area contributed by atoms with E-state index in [4.69, 9.17) is 16.3 Å². The topological polar surface area (TPSA) is 39.1 Å². The molecule has 0 saturated carbocycles. The summed E-state index contributed by atoms with van der Waals surface area (Å²) in [6.07, 6.45) is 1.70. The number of hydrogen-bond acceptors (Lipinski definition) is 3. The van der Waals surface area contributed by atoms with Gasteiger partial charge in [0.1, 0.15) is 0 Å². The normalized spacial score (nSPS) is 14.2. The summed E-state index contributed by atoms with van der Waals surface area (Å²) in [5.41, 5.74) is 0.632. The summed E-state index contributed by atoms with van der Waals surface area (Å²) in [5, 5.41) is 8.32. The third-order valence-corrected chi connectivity index (χ3v) is 3.34. The van der Waals surface area contributed by atoms with Gasteiger partial charge in [-0.2, -0.15) is 5.10 Å². The van der Waals surface area contributed by atoms with Crippen LogP contribution in [-0.4, -0.2) is 29.0 Å². The number of hydrogen-bond donors (Lipinski definition) is 1. The highest BCUT2D eigenvalue weighted by atomic mass is 35.5. The van der Waals surface area contributed by atoms with E-state index in [1.54, 1.807) is 6.20 Å². The lowest BCUT2D eigenvalue weighted by Gasteiger charge is -2.35. The molecule has 1 aromatic heterocycles. The van der Waals surface area contributed by atoms with Gasteiger partial charge in [0.05, 0.1) is 28.6 Å². The molecule has 4 nitrogen and oxygen atoms in total. The van der Waals surface area contributed by atoms with Gasteiger partial charge in [-0.3, -0.25) is 4.68 Å². The molecule has 1 heterocycles. The maximum Gasteiger partial charge on any atom is 0.0835 e. The van der Waals surface area contributed by atoms with Crippen LogP contribution in [-0.2, 0) is 4.74 Å². The van der Waals surface area contributed by atoms with Crippen molar-refractivity contribution in [1.29, 1.82) is 0 Å². The van der Waals surface area contributed by atoms with Crippen molar-refractivity contribution in [2.45, 2.75) is 52.3 Å². The molecule has 104 valence electrons. The summed E-state index contributed by atoms with van der Waals surface area (Å²) in [6, 6.07) is 0.260. The zero-order valence-corrected chi connectivity index (χ0v) is 12.9. The van der Waals surface area contributed by atoms with E-state index in [0.29, 0.717) is 11.6 Å². The fourth-order valence-corrected chi connectivity index (χ4v) is 2.54. The van der Waals surface area contributed by atoms with Gasteiger partial charge < -0.3 is 10.1 Å². The largest absolute Gasteiger partial charge is 0.374 e. The third-order valence-electron chi connectivity index (χ3n) is 3.05. The van der Waals surface area contributed by atoms with Gasteiger partial charge in [-0.1, -0.05) is 11.6 Å². The predicted molar refractivity (Wildman–Crippen MR) is 75.1 cm³/mol. The molecule has 1 atom stereocenters. The standard InChI is InChI=1S/C13H24ClN3O/c1-7-18-13(4,5)12(15-6)11-10(14)8-16-17(11)9(2)3/h8-9,12,15H,7H2,1-6H3. The van der Waals surface area contributed by atoms with Crippen LogP contribution in [0.4, 0.5) is 0 Å². The highest BCUT2D eigenvalue weighted by Crippen LogP contribution is 2.34. The van der Waals surface area contributed by atoms with Crippen molar-refractivity contribution >= 4 is 11.6 Å². The molecule has 5 heteroatoms. The summed E-state index contributed by atoms with van der Waals surface area (Å²) >= 11 is 6.29. The van der Waals surface area contributed by atoms with Crippen molar-refractivity contribution in [2.24, 2.45) is 0 Å². The lowest BCUT2D eigenvalue weighted by molar-refractivity contribution is -0.0396. The molecule has 0 aromatic carbocycles. The molecular formula is C13H24ClN3O. The molecule has 18 heavy (non-hydrogen) atoms. The Kier molecular flexibility index (Phi) is 5.20. The number of ether oxygens (including phenoxy) is 1. The first-order valence-electron chi connectivity index (χ1n) is 6.39. The molecule has 0 aliphatic rings. The summed E-state index contributed by atoms with van der Waals surface area (Å²) in [6.45, 7) is 11.0. The highest BCUT2D eigenvalue weighted by Gasteiger charge is 2.34. The van der Waals surface area contributed by atoms with Crippen LogP contribution in [0.25, 0.3) is 0 Å². The van der Waals surface area contributed by atoms with E-state index in [-0.39, 0.29) is 17.7 Å². The number of rotatable bonds is 6. The van der Waals surface area contributed by atoms with E-state index in [1.807, 2.05) is 18.7 Å². The summed E-state index contributed by atoms with van der Waals surface area (Å²) in [4.78, 5) is 0. The van der Waals surface area contributed by atoms with Crippen LogP contribution in [0.2, 0.25) is 5.02 Å². The number of nitrogens with one attached hydrogen (secondary N) is 1. The van der Waals surface area contributed by atoms with Crippen LogP contribution in [0.3, 0.4) is 0 Å². The lowest BCUT2D eigenvalue weighted by Crippen LogP contribution is -2.41. The number of aromatic nitrogens is 2. The highest BCUT2D eigenvalue weighted by molar-refractivity contribution is 6.31. The van der Waals surface area contributed by atoms with Crippen LogP contribution in [0.5, 0.6) is 0 Å². The van der Waals surface area contributed by atoms with Gasteiger partial charge in [-0.25, -0.2) is 0 Å². The van der Waals surface area contributed by atoms with Gasteiger partial charge in [-0.15, -0.1) is 0 Å². The van der Waals surface area contributed by atoms with Crippen LogP contribution in [0, 0.1) is 0 Å². The Balaban J connectivity index is 3.20. The van der Waals surface area contributed by atoms with Gasteiger partial charge in [0.2, 0.25) is 0 Å². The summed E-state index contributed by atoms with van der Waals surface area (Å²) in [7, 11) is 1.92. The van der Waals surface area contributed by atoms with Crippen molar-refractivity contribution in [3.63, 3.8) is 0 Å². The quantitative estimate of drug-likeness (QED) is 0.865. The van der Waals surface area contributed by atoms with E-state index in [2.05, 4.69) is 38.1 Å². The second-order valence-electron chi connectivity index (χ2n) is 5.17. The molecular weight excluding hydrogens is 250 g/mol. The van der Waals surface area contributed by atoms with E-state index in [0.717, 1.165) is 5.69 Å². The van der Waals surface area contributed by atoms with Crippen molar-refractivity contribution < 1.29 is 4.74 Å². The summed E-state index contributed by atoms with van der Waals surface area (Å²) in [5.74, 6) is 0. The molecule has 1 rings (SSSR count). The third kappa shape index (κ3) is 3.05. The molecule has 1 N–H and O–H groups in total. The molecule has 0 bridgehead atoms. The van der Waals surface area contributed by atoms with Gasteiger partial charge >= 0.3 is 0 Å². The predicted octanol–water partition coefficient (Wildman–Crippen LogP) is 3.19. The minimum atomic E-state index is -0.347. The number of likely N-dealkylation sites (N-methyl/N-ethyl adjacent to an activating group) is 1. The number of halogens is 1. The average molecular weight is 274 g/mol. The Morgan fingerprint density at radius 2 is 2.11 bits per heavy atom. The minimum Gasteiger partial charge on any atom is -0.374 e. The van der Waals surface area contributed by atoms with Crippen LogP contribution >= 0.6 is 11.6 Å². The molecule has 0 amide bonds. The second-order valence-corrected chi connectivity index (χ2v) is 5.58. The Labute approximate surface area is 115 Å². The first kappa shape index (κ1) is 15.5. The molecule has 0 fully saturated rings. The average Bonchev–Trinajstić information content (AvgIpc) is 2.61. The zero-order chi connectivity index (χ0) is 13.9. The molecule has 0 aliphatic heterocycles. The fraction of sp³-hybridized carbons (Fsp3) is 0.769. The van der Waals surface area contributed by atoms with Crippen LogP contribution in [0.15, 0.2) is 6.20 Å². The Morgan fingerprint density at radius 1 is 1.50 bits per heavy atom. The SMILES string of the molecule is CCOC(C)(C)C(NC)c1c(Cl)cnn1C(C)C. The summed E-state index contributed by atoms with van der Waals surface area (Å²) < 4.78 is 7.78. The Hall–Kier alpha value is -0.580. The Morgan fingerprint density at radius 3 is 2.56 bits per heavy atom. The van der Waals surface area contributed by atoms with Crippen LogP contribution in [0.1, 0.15) is 52.4 Å². The first-order valence-corrected chi connectivity index (χ1v) is 6.77. The zero-order valence-electron chi connectivity index (χ0n) is 12.1. The molecule has 0 aliphatic carbocycles. The molecule has 0 radical (unpaired) electrons. The van der Waals surface area contributed by atoms with E-state index in [1.165, 1.54) is 0 Å². The lowest BCUT2D eigenvalue weighted by atomic mass is 9.95.